The minimum Gasteiger partial charge on any atom is -0.504 e. The largest absolute Gasteiger partial charge is 0.504 e. The minimum absolute atomic E-state index is 0.0329. The van der Waals surface area contributed by atoms with Crippen molar-refractivity contribution in [1.29, 1.82) is 0 Å². The van der Waals surface area contributed by atoms with E-state index >= 15 is 0 Å². The normalized spacial score (nSPS) is 20.8. The van der Waals surface area contributed by atoms with Gasteiger partial charge in [-0.2, -0.15) is 0 Å². The molecule has 2 unspecified atom stereocenters. The first-order valence-corrected chi connectivity index (χ1v) is 8.75. The number of aromatic hydroxyl groups is 1. The highest BCUT2D eigenvalue weighted by molar-refractivity contribution is 6.12. The van der Waals surface area contributed by atoms with E-state index in [1.54, 1.807) is 43.3 Å². The fourth-order valence-corrected chi connectivity index (χ4v) is 3.32. The van der Waals surface area contributed by atoms with Gasteiger partial charge in [0.2, 0.25) is 0 Å². The summed E-state index contributed by atoms with van der Waals surface area (Å²) in [4.78, 5) is 14.5. The molecule has 2 aromatic carbocycles. The number of hydrogen-bond acceptors (Lipinski definition) is 5. The van der Waals surface area contributed by atoms with Crippen LogP contribution in [-0.2, 0) is 14.3 Å². The van der Waals surface area contributed by atoms with Crippen LogP contribution in [0.15, 0.2) is 48.0 Å². The van der Waals surface area contributed by atoms with Gasteiger partial charge in [0.05, 0.1) is 18.8 Å². The molecule has 6 nitrogen and oxygen atoms in total. The number of nitrogens with zero attached hydrogens (tertiary/aromatic N) is 1. The van der Waals surface area contributed by atoms with Crippen molar-refractivity contribution in [2.45, 2.75) is 19.1 Å². The lowest BCUT2D eigenvalue weighted by Gasteiger charge is -2.24. The van der Waals surface area contributed by atoms with Gasteiger partial charge in [-0.15, -0.1) is 0 Å². The summed E-state index contributed by atoms with van der Waals surface area (Å²) in [5.41, 5.74) is 0.858. The second-order valence-electron chi connectivity index (χ2n) is 6.36. The molecule has 28 heavy (non-hydrogen) atoms. The molecule has 0 bridgehead atoms. The van der Waals surface area contributed by atoms with E-state index in [-0.39, 0.29) is 29.6 Å². The Bertz CT molecular complexity index is 898. The van der Waals surface area contributed by atoms with Gasteiger partial charge in [0.25, 0.3) is 5.91 Å². The Labute approximate surface area is 162 Å². The van der Waals surface area contributed by atoms with Crippen molar-refractivity contribution in [3.63, 3.8) is 0 Å². The third-order valence-corrected chi connectivity index (χ3v) is 4.66. The lowest BCUT2D eigenvalue weighted by molar-refractivity contribution is -0.114. The van der Waals surface area contributed by atoms with Gasteiger partial charge in [-0.25, -0.2) is 4.39 Å². The summed E-state index contributed by atoms with van der Waals surface area (Å²) >= 11 is 0. The average Bonchev–Trinajstić information content (AvgIpc) is 2.92. The molecule has 2 atom stereocenters. The summed E-state index contributed by atoms with van der Waals surface area (Å²) in [6.07, 6.45) is 0.871. The van der Waals surface area contributed by atoms with E-state index in [0.717, 1.165) is 0 Å². The van der Waals surface area contributed by atoms with E-state index in [2.05, 4.69) is 0 Å². The molecule has 0 saturated carbocycles. The lowest BCUT2D eigenvalue weighted by atomic mass is 10.0. The molecule has 1 heterocycles. The van der Waals surface area contributed by atoms with Crippen molar-refractivity contribution in [2.75, 3.05) is 25.9 Å². The molecule has 2 aromatic rings. The predicted molar refractivity (Wildman–Crippen MR) is 103 cm³/mol. The Morgan fingerprint density at radius 2 is 1.93 bits per heavy atom. The molecular formula is C21H22FNO5. The molecule has 0 radical (unpaired) electrons. The highest BCUT2D eigenvalue weighted by Gasteiger charge is 2.44. The number of methoxy groups -OCH3 is 2. The third-order valence-electron chi connectivity index (χ3n) is 4.66. The van der Waals surface area contributed by atoms with Crippen molar-refractivity contribution in [3.05, 3.63) is 59.4 Å². The van der Waals surface area contributed by atoms with Crippen LogP contribution in [0.25, 0.3) is 6.08 Å². The van der Waals surface area contributed by atoms with Crippen LogP contribution >= 0.6 is 0 Å². The number of carbonyl (C=O) groups excluding carboxylic acids is 1. The summed E-state index contributed by atoms with van der Waals surface area (Å²) in [5.74, 6) is -0.708. The molecule has 1 aliphatic rings. The van der Waals surface area contributed by atoms with E-state index in [1.165, 1.54) is 31.3 Å². The van der Waals surface area contributed by atoms with Crippen LogP contribution in [0.5, 0.6) is 11.5 Å². The second-order valence-corrected chi connectivity index (χ2v) is 6.36. The van der Waals surface area contributed by atoms with Crippen LogP contribution in [0.1, 0.15) is 12.5 Å². The second kappa shape index (κ2) is 8.41. The topological polar surface area (TPSA) is 68.2 Å². The molecular weight excluding hydrogens is 365 g/mol. The number of hydrogen-bond donors (Lipinski definition) is 1. The zero-order chi connectivity index (χ0) is 20.3. The summed E-state index contributed by atoms with van der Waals surface area (Å²) in [6.45, 7) is 1.74. The Hall–Kier alpha value is -2.90. The zero-order valence-electron chi connectivity index (χ0n) is 15.9. The number of carbonyl (C=O) groups is 1. The zero-order valence-corrected chi connectivity index (χ0v) is 15.9. The molecule has 1 saturated heterocycles. The van der Waals surface area contributed by atoms with Gasteiger partial charge in [-0.05, 0) is 31.2 Å². The van der Waals surface area contributed by atoms with Crippen LogP contribution in [0.2, 0.25) is 0 Å². The number of rotatable bonds is 6. The molecule has 148 valence electrons. The van der Waals surface area contributed by atoms with Gasteiger partial charge in [0.1, 0.15) is 18.7 Å². The van der Waals surface area contributed by atoms with Crippen molar-refractivity contribution >= 4 is 17.7 Å². The monoisotopic (exact) mass is 387 g/mol. The molecule has 1 fully saturated rings. The van der Waals surface area contributed by atoms with E-state index in [1.807, 2.05) is 0 Å². The number of benzene rings is 2. The van der Waals surface area contributed by atoms with Crippen LogP contribution in [0, 0.1) is 5.82 Å². The van der Waals surface area contributed by atoms with Gasteiger partial charge in [0, 0.05) is 18.2 Å². The quantitative estimate of drug-likeness (QED) is 0.608. The van der Waals surface area contributed by atoms with Crippen LogP contribution < -0.4 is 9.64 Å². The van der Waals surface area contributed by atoms with Crippen LogP contribution in [-0.4, -0.2) is 44.2 Å². The van der Waals surface area contributed by atoms with E-state index < -0.39 is 23.9 Å². The van der Waals surface area contributed by atoms with Crippen molar-refractivity contribution in [1.82, 2.24) is 0 Å². The smallest absolute Gasteiger partial charge is 0.257 e. The first-order valence-electron chi connectivity index (χ1n) is 8.75. The first kappa shape index (κ1) is 19.9. The predicted octanol–water partition coefficient (Wildman–Crippen LogP) is 3.35. The molecule has 0 spiro atoms. The summed E-state index contributed by atoms with van der Waals surface area (Å²) in [5, 5.41) is 10.4. The molecule has 0 aromatic heterocycles. The number of amides is 1. The summed E-state index contributed by atoms with van der Waals surface area (Å²) in [7, 11) is 2.92. The Balaban J connectivity index is 2.07. The molecule has 1 aliphatic heterocycles. The number of ether oxygens (including phenoxy) is 3. The van der Waals surface area contributed by atoms with E-state index in [0.29, 0.717) is 5.56 Å². The van der Waals surface area contributed by atoms with Gasteiger partial charge in [-0.1, -0.05) is 24.3 Å². The first-order chi connectivity index (χ1) is 13.5. The maximum absolute atomic E-state index is 14.3. The SMILES string of the molecule is COCOC1/C(=C/c2cccc(OC)c2O)C(=O)N(c2ccccc2F)C1C. The van der Waals surface area contributed by atoms with E-state index in [9.17, 15) is 14.3 Å². The van der Waals surface area contributed by atoms with Gasteiger partial charge in [0.15, 0.2) is 11.5 Å². The molecule has 7 heteroatoms. The number of halogens is 1. The Morgan fingerprint density at radius 1 is 1.18 bits per heavy atom. The van der Waals surface area contributed by atoms with Crippen LogP contribution in [0.3, 0.4) is 0 Å². The molecule has 0 aliphatic carbocycles. The van der Waals surface area contributed by atoms with E-state index in [4.69, 9.17) is 14.2 Å². The van der Waals surface area contributed by atoms with Gasteiger partial charge in [-0.3, -0.25) is 9.69 Å². The number of anilines is 1. The number of phenols is 1. The van der Waals surface area contributed by atoms with Gasteiger partial charge >= 0.3 is 0 Å². The maximum atomic E-state index is 14.3. The maximum Gasteiger partial charge on any atom is 0.257 e. The lowest BCUT2D eigenvalue weighted by Crippen LogP contribution is -2.36. The Morgan fingerprint density at radius 3 is 2.61 bits per heavy atom. The number of phenolic OH excluding ortho intramolecular Hbond substituents is 1. The Kier molecular flexibility index (Phi) is 5.96. The van der Waals surface area contributed by atoms with Crippen molar-refractivity contribution in [3.8, 4) is 11.5 Å². The standard InChI is InChI=1S/C21H22FNO5/c1-13-20(28-12-26-2)15(11-14-7-6-10-18(27-3)19(14)24)21(25)23(13)17-9-5-4-8-16(17)22/h4-11,13,20,24H,12H2,1-3H3/b15-11-. The summed E-state index contributed by atoms with van der Waals surface area (Å²) in [6, 6.07) is 10.6. The molecule has 1 N–H and O–H groups in total. The summed E-state index contributed by atoms with van der Waals surface area (Å²) < 4.78 is 30.2. The average molecular weight is 387 g/mol. The minimum atomic E-state index is -0.669. The fourth-order valence-electron chi connectivity index (χ4n) is 3.32. The molecule has 3 rings (SSSR count). The molecule has 1 amide bonds. The highest BCUT2D eigenvalue weighted by Crippen LogP contribution is 2.37. The van der Waals surface area contributed by atoms with Crippen molar-refractivity contribution in [2.24, 2.45) is 0 Å². The number of para-hydroxylation sites is 2. The van der Waals surface area contributed by atoms with Crippen LogP contribution in [0.4, 0.5) is 10.1 Å². The van der Waals surface area contributed by atoms with Crippen molar-refractivity contribution < 1.29 is 28.5 Å². The third kappa shape index (κ3) is 3.58. The highest BCUT2D eigenvalue weighted by atomic mass is 19.1. The fraction of sp³-hybridized carbons (Fsp3) is 0.286. The van der Waals surface area contributed by atoms with Gasteiger partial charge < -0.3 is 19.3 Å².